The minimum Gasteiger partial charge on any atom is -0.385 e. The van der Waals surface area contributed by atoms with Crippen LogP contribution in [0.3, 0.4) is 0 Å². The first-order chi connectivity index (χ1) is 6.03. The third-order valence-corrected chi connectivity index (χ3v) is 2.40. The lowest BCUT2D eigenvalue weighted by atomic mass is 10.0. The van der Waals surface area contributed by atoms with Crippen LogP contribution in [-0.2, 0) is 5.60 Å². The van der Waals surface area contributed by atoms with E-state index in [1.165, 1.54) is 6.07 Å². The summed E-state index contributed by atoms with van der Waals surface area (Å²) in [7, 11) is 0. The van der Waals surface area contributed by atoms with Gasteiger partial charge in [-0.1, -0.05) is 6.07 Å². The second-order valence-corrected chi connectivity index (χ2v) is 3.64. The molecule has 0 saturated heterocycles. The second kappa shape index (κ2) is 2.51. The number of aliphatic hydroxyl groups is 1. The molecule has 0 atom stereocenters. The monoisotopic (exact) mass is 184 g/mol. The van der Waals surface area contributed by atoms with Gasteiger partial charge in [0, 0.05) is 5.56 Å². The highest BCUT2D eigenvalue weighted by Crippen LogP contribution is 2.46. The lowest BCUT2D eigenvalue weighted by Gasteiger charge is -2.10. The summed E-state index contributed by atoms with van der Waals surface area (Å²) in [5, 5.41) is 9.62. The zero-order valence-corrected chi connectivity index (χ0v) is 7.27. The molecule has 1 aromatic rings. The number of hydrogen-bond donors (Lipinski definition) is 1. The van der Waals surface area contributed by atoms with Crippen LogP contribution in [-0.4, -0.2) is 5.11 Å². The molecular weight excluding hydrogens is 174 g/mol. The van der Waals surface area contributed by atoms with Gasteiger partial charge < -0.3 is 5.11 Å². The molecule has 0 bridgehead atoms. The first kappa shape index (κ1) is 8.63. The maximum absolute atomic E-state index is 13.2. The maximum Gasteiger partial charge on any atom is 0.164 e. The topological polar surface area (TPSA) is 20.2 Å². The quantitative estimate of drug-likeness (QED) is 0.709. The molecule has 13 heavy (non-hydrogen) atoms. The molecule has 0 unspecified atom stereocenters. The van der Waals surface area contributed by atoms with Crippen LogP contribution >= 0.6 is 0 Å². The fourth-order valence-corrected chi connectivity index (χ4v) is 1.45. The van der Waals surface area contributed by atoms with E-state index < -0.39 is 17.2 Å². The molecule has 1 aromatic carbocycles. The third kappa shape index (κ3) is 1.33. The first-order valence-corrected chi connectivity index (χ1v) is 4.21. The van der Waals surface area contributed by atoms with Crippen LogP contribution in [0.2, 0.25) is 0 Å². The van der Waals surface area contributed by atoms with Gasteiger partial charge in [-0.15, -0.1) is 0 Å². The highest BCUT2D eigenvalue weighted by atomic mass is 19.2. The lowest BCUT2D eigenvalue weighted by molar-refractivity contribution is 0.145. The van der Waals surface area contributed by atoms with Crippen molar-refractivity contribution in [2.45, 2.75) is 25.4 Å². The van der Waals surface area contributed by atoms with Gasteiger partial charge in [0.1, 0.15) is 0 Å². The number of hydrogen-bond acceptors (Lipinski definition) is 1. The molecule has 3 heteroatoms. The van der Waals surface area contributed by atoms with Gasteiger partial charge in [0.25, 0.3) is 0 Å². The average molecular weight is 184 g/mol. The molecule has 70 valence electrons. The van der Waals surface area contributed by atoms with E-state index in [4.69, 9.17) is 0 Å². The van der Waals surface area contributed by atoms with E-state index in [1.807, 2.05) is 0 Å². The van der Waals surface area contributed by atoms with E-state index in [-0.39, 0.29) is 5.56 Å². The van der Waals surface area contributed by atoms with E-state index in [0.717, 1.165) is 6.07 Å². The summed E-state index contributed by atoms with van der Waals surface area (Å²) in [6.07, 6.45) is 1.04. The fraction of sp³-hybridized carbons (Fsp3) is 0.400. The summed E-state index contributed by atoms with van der Waals surface area (Å²) in [5.41, 5.74) is -0.365. The SMILES string of the molecule is Cc1cc(F)c(F)c(C2(O)CC2)c1. The summed E-state index contributed by atoms with van der Waals surface area (Å²) in [6, 6.07) is 2.63. The Morgan fingerprint density at radius 3 is 2.46 bits per heavy atom. The van der Waals surface area contributed by atoms with Crippen molar-refractivity contribution >= 4 is 0 Å². The molecular formula is C10H10F2O. The molecule has 1 nitrogen and oxygen atoms in total. The minimum atomic E-state index is -1.10. The van der Waals surface area contributed by atoms with Crippen LogP contribution in [0.25, 0.3) is 0 Å². The Balaban J connectivity index is 2.56. The molecule has 1 saturated carbocycles. The summed E-state index contributed by atoms with van der Waals surface area (Å²) in [4.78, 5) is 0. The van der Waals surface area contributed by atoms with E-state index in [2.05, 4.69) is 0 Å². The summed E-state index contributed by atoms with van der Waals surface area (Å²) >= 11 is 0. The molecule has 1 N–H and O–H groups in total. The minimum absolute atomic E-state index is 0.102. The van der Waals surface area contributed by atoms with Crippen LogP contribution < -0.4 is 0 Å². The van der Waals surface area contributed by atoms with Crippen LogP contribution in [0.4, 0.5) is 8.78 Å². The zero-order chi connectivity index (χ0) is 9.64. The Bertz CT molecular complexity index is 356. The van der Waals surface area contributed by atoms with Gasteiger partial charge in [0.15, 0.2) is 11.6 Å². The highest BCUT2D eigenvalue weighted by Gasteiger charge is 2.44. The van der Waals surface area contributed by atoms with Crippen molar-refractivity contribution in [3.63, 3.8) is 0 Å². The molecule has 1 aliphatic rings. The smallest absolute Gasteiger partial charge is 0.164 e. The molecule has 1 fully saturated rings. The summed E-state index contributed by atoms with van der Waals surface area (Å²) in [6.45, 7) is 1.68. The number of aryl methyl sites for hydroxylation is 1. The van der Waals surface area contributed by atoms with Gasteiger partial charge in [0.05, 0.1) is 5.60 Å². The molecule has 0 spiro atoms. The van der Waals surface area contributed by atoms with Crippen molar-refractivity contribution in [3.8, 4) is 0 Å². The normalized spacial score (nSPS) is 18.8. The highest BCUT2D eigenvalue weighted by molar-refractivity contribution is 5.33. The van der Waals surface area contributed by atoms with Crippen molar-refractivity contribution in [2.24, 2.45) is 0 Å². The third-order valence-electron chi connectivity index (χ3n) is 2.40. The number of rotatable bonds is 1. The Kier molecular flexibility index (Phi) is 1.67. The molecule has 0 heterocycles. The number of halogens is 2. The van der Waals surface area contributed by atoms with Crippen molar-refractivity contribution in [3.05, 3.63) is 34.9 Å². The second-order valence-electron chi connectivity index (χ2n) is 3.64. The largest absolute Gasteiger partial charge is 0.385 e. The Labute approximate surface area is 75.0 Å². The predicted octanol–water partition coefficient (Wildman–Crippen LogP) is 2.25. The van der Waals surface area contributed by atoms with Gasteiger partial charge in [-0.3, -0.25) is 0 Å². The average Bonchev–Trinajstić information content (AvgIpc) is 2.77. The molecule has 0 radical (unpaired) electrons. The molecule has 2 rings (SSSR count). The molecule has 0 aliphatic heterocycles. The maximum atomic E-state index is 13.2. The van der Waals surface area contributed by atoms with Gasteiger partial charge in [-0.25, -0.2) is 8.78 Å². The summed E-state index contributed by atoms with van der Waals surface area (Å²) < 4.78 is 26.1. The predicted molar refractivity (Wildman–Crippen MR) is 44.2 cm³/mol. The molecule has 0 aromatic heterocycles. The van der Waals surface area contributed by atoms with Crippen LogP contribution in [0.1, 0.15) is 24.0 Å². The Hall–Kier alpha value is -0.960. The summed E-state index contributed by atoms with van der Waals surface area (Å²) in [5.74, 6) is -1.79. The van der Waals surface area contributed by atoms with Crippen molar-refractivity contribution in [1.29, 1.82) is 0 Å². The lowest BCUT2D eigenvalue weighted by Crippen LogP contribution is -2.09. The Morgan fingerprint density at radius 2 is 1.92 bits per heavy atom. The zero-order valence-electron chi connectivity index (χ0n) is 7.27. The van der Waals surface area contributed by atoms with Gasteiger partial charge >= 0.3 is 0 Å². The first-order valence-electron chi connectivity index (χ1n) is 4.21. The van der Waals surface area contributed by atoms with E-state index >= 15 is 0 Å². The van der Waals surface area contributed by atoms with Crippen LogP contribution in [0.5, 0.6) is 0 Å². The Morgan fingerprint density at radius 1 is 1.31 bits per heavy atom. The van der Waals surface area contributed by atoms with Gasteiger partial charge in [0.2, 0.25) is 0 Å². The fourth-order valence-electron chi connectivity index (χ4n) is 1.45. The molecule has 0 amide bonds. The van der Waals surface area contributed by atoms with Crippen LogP contribution in [0, 0.1) is 18.6 Å². The standard InChI is InChI=1S/C10H10F2O/c1-6-4-7(10(13)2-3-10)9(12)8(11)5-6/h4-5,13H,2-3H2,1H3. The van der Waals surface area contributed by atoms with E-state index in [1.54, 1.807) is 6.92 Å². The molecule has 1 aliphatic carbocycles. The van der Waals surface area contributed by atoms with Gasteiger partial charge in [-0.2, -0.15) is 0 Å². The van der Waals surface area contributed by atoms with Crippen molar-refractivity contribution in [2.75, 3.05) is 0 Å². The van der Waals surface area contributed by atoms with Crippen molar-refractivity contribution in [1.82, 2.24) is 0 Å². The van der Waals surface area contributed by atoms with Crippen LogP contribution in [0.15, 0.2) is 12.1 Å². The number of benzene rings is 1. The van der Waals surface area contributed by atoms with Crippen molar-refractivity contribution < 1.29 is 13.9 Å². The van der Waals surface area contributed by atoms with Gasteiger partial charge in [-0.05, 0) is 31.4 Å². The van der Waals surface area contributed by atoms with E-state index in [0.29, 0.717) is 18.4 Å². The van der Waals surface area contributed by atoms with E-state index in [9.17, 15) is 13.9 Å².